The smallest absolute Gasteiger partial charge is 0.255 e. The molecule has 0 radical (unpaired) electrons. The Morgan fingerprint density at radius 3 is 3.00 bits per heavy atom. The van der Waals surface area contributed by atoms with Gasteiger partial charge in [-0.15, -0.1) is 0 Å². The maximum atomic E-state index is 12.6. The van der Waals surface area contributed by atoms with E-state index in [1.54, 1.807) is 24.3 Å². The fourth-order valence-electron chi connectivity index (χ4n) is 2.83. The highest BCUT2D eigenvalue weighted by molar-refractivity contribution is 7.07. The Bertz CT molecular complexity index is 636. The largest absolute Gasteiger partial charge is 0.472 e. The van der Waals surface area contributed by atoms with Gasteiger partial charge in [0.15, 0.2) is 0 Å². The number of furan rings is 1. The number of carbonyl (C=O) groups excluding carboxylic acids is 2. The molecule has 0 unspecified atom stereocenters. The van der Waals surface area contributed by atoms with Crippen molar-refractivity contribution in [2.75, 3.05) is 6.54 Å². The highest BCUT2D eigenvalue weighted by atomic mass is 32.1. The van der Waals surface area contributed by atoms with Gasteiger partial charge in [0.05, 0.1) is 17.9 Å². The molecule has 0 saturated carbocycles. The molecule has 0 bridgehead atoms. The van der Waals surface area contributed by atoms with Crippen LogP contribution in [0.4, 0.5) is 0 Å². The minimum atomic E-state index is -0.554. The Morgan fingerprint density at radius 2 is 2.32 bits per heavy atom. The summed E-state index contributed by atoms with van der Waals surface area (Å²) >= 11 is 1.64. The summed E-state index contributed by atoms with van der Waals surface area (Å²) in [5.41, 5.74) is 1.61. The number of nitrogens with one attached hydrogen (secondary N) is 1. The molecule has 22 heavy (non-hydrogen) atoms. The number of thiophene rings is 1. The normalized spacial score (nSPS) is 19.1. The number of rotatable bonds is 4. The number of hydrogen-bond acceptors (Lipinski definition) is 4. The average molecular weight is 318 g/mol. The molecule has 1 fully saturated rings. The summed E-state index contributed by atoms with van der Waals surface area (Å²) in [5, 5.41) is 6.85. The number of nitrogens with zero attached hydrogens (tertiary/aromatic N) is 1. The maximum Gasteiger partial charge on any atom is 0.255 e. The molecule has 1 N–H and O–H groups in total. The van der Waals surface area contributed by atoms with Gasteiger partial charge in [0.1, 0.15) is 12.3 Å². The first-order chi connectivity index (χ1) is 10.7. The molecule has 2 atom stereocenters. The summed E-state index contributed by atoms with van der Waals surface area (Å²) in [6.07, 6.45) is 4.78. The van der Waals surface area contributed by atoms with Crippen molar-refractivity contribution in [1.29, 1.82) is 0 Å². The highest BCUT2D eigenvalue weighted by Crippen LogP contribution is 2.33. The second-order valence-electron chi connectivity index (χ2n) is 5.45. The van der Waals surface area contributed by atoms with Crippen molar-refractivity contribution in [1.82, 2.24) is 10.2 Å². The Kier molecular flexibility index (Phi) is 4.29. The van der Waals surface area contributed by atoms with Crippen LogP contribution in [-0.2, 0) is 4.79 Å². The second kappa shape index (κ2) is 6.36. The zero-order valence-electron chi connectivity index (χ0n) is 12.3. The summed E-state index contributed by atoms with van der Waals surface area (Å²) in [4.78, 5) is 26.5. The molecule has 0 aromatic carbocycles. The van der Waals surface area contributed by atoms with Crippen LogP contribution < -0.4 is 5.32 Å². The van der Waals surface area contributed by atoms with E-state index in [0.717, 1.165) is 19.4 Å². The number of hydrogen-bond donors (Lipinski definition) is 1. The SMILES string of the molecule is C[C@@H](NC(=O)c1ccoc1)C(=O)N1CCC[C@@H]1c1ccsc1. The van der Waals surface area contributed by atoms with Crippen molar-refractivity contribution in [3.05, 3.63) is 46.5 Å². The van der Waals surface area contributed by atoms with Gasteiger partial charge in [0.2, 0.25) is 5.91 Å². The lowest BCUT2D eigenvalue weighted by Gasteiger charge is -2.27. The van der Waals surface area contributed by atoms with E-state index in [0.29, 0.717) is 5.56 Å². The monoisotopic (exact) mass is 318 g/mol. The topological polar surface area (TPSA) is 62.6 Å². The molecule has 1 saturated heterocycles. The zero-order valence-corrected chi connectivity index (χ0v) is 13.1. The third kappa shape index (κ3) is 2.92. The number of likely N-dealkylation sites (tertiary alicyclic amines) is 1. The maximum absolute atomic E-state index is 12.6. The zero-order chi connectivity index (χ0) is 15.5. The van der Waals surface area contributed by atoms with Crippen molar-refractivity contribution in [2.24, 2.45) is 0 Å². The Labute approximate surface area is 132 Å². The van der Waals surface area contributed by atoms with Crippen LogP contribution >= 0.6 is 11.3 Å². The van der Waals surface area contributed by atoms with Crippen LogP contribution in [0.2, 0.25) is 0 Å². The Morgan fingerprint density at radius 1 is 1.45 bits per heavy atom. The number of carbonyl (C=O) groups is 2. The molecule has 0 aliphatic carbocycles. The van der Waals surface area contributed by atoms with Crippen LogP contribution in [0, 0.1) is 0 Å². The van der Waals surface area contributed by atoms with E-state index in [-0.39, 0.29) is 17.9 Å². The minimum Gasteiger partial charge on any atom is -0.472 e. The van der Waals surface area contributed by atoms with Gasteiger partial charge in [-0.2, -0.15) is 11.3 Å². The van der Waals surface area contributed by atoms with E-state index in [2.05, 4.69) is 16.8 Å². The Balaban J connectivity index is 1.66. The van der Waals surface area contributed by atoms with Crippen LogP contribution in [0.3, 0.4) is 0 Å². The van der Waals surface area contributed by atoms with E-state index < -0.39 is 6.04 Å². The van der Waals surface area contributed by atoms with Crippen LogP contribution in [0.1, 0.15) is 41.7 Å². The fraction of sp³-hybridized carbons (Fsp3) is 0.375. The van der Waals surface area contributed by atoms with Gasteiger partial charge in [-0.05, 0) is 48.2 Å². The molecule has 2 aromatic heterocycles. The van der Waals surface area contributed by atoms with Crippen molar-refractivity contribution >= 4 is 23.2 Å². The molecule has 0 spiro atoms. The minimum absolute atomic E-state index is 0.0365. The fourth-order valence-corrected chi connectivity index (χ4v) is 3.53. The molecular weight excluding hydrogens is 300 g/mol. The molecule has 1 aliphatic rings. The van der Waals surface area contributed by atoms with Crippen molar-refractivity contribution in [3.8, 4) is 0 Å². The first kappa shape index (κ1) is 14.8. The van der Waals surface area contributed by atoms with Gasteiger partial charge in [0, 0.05) is 6.54 Å². The quantitative estimate of drug-likeness (QED) is 0.943. The molecule has 2 amide bonds. The molecule has 3 heterocycles. The molecule has 1 aliphatic heterocycles. The van der Waals surface area contributed by atoms with E-state index in [4.69, 9.17) is 4.42 Å². The molecular formula is C16H18N2O3S. The van der Waals surface area contributed by atoms with Crippen LogP contribution in [0.5, 0.6) is 0 Å². The molecule has 5 nitrogen and oxygen atoms in total. The first-order valence-electron chi connectivity index (χ1n) is 7.32. The summed E-state index contributed by atoms with van der Waals surface area (Å²) in [7, 11) is 0. The average Bonchev–Trinajstić information content (AvgIpc) is 3.26. The summed E-state index contributed by atoms with van der Waals surface area (Å²) in [6, 6.07) is 3.22. The molecule has 116 valence electrons. The van der Waals surface area contributed by atoms with E-state index >= 15 is 0 Å². The molecule has 6 heteroatoms. The molecule has 3 rings (SSSR count). The van der Waals surface area contributed by atoms with Crippen LogP contribution in [-0.4, -0.2) is 29.3 Å². The van der Waals surface area contributed by atoms with Gasteiger partial charge in [-0.25, -0.2) is 0 Å². The van der Waals surface area contributed by atoms with E-state index in [9.17, 15) is 9.59 Å². The second-order valence-corrected chi connectivity index (χ2v) is 6.23. The van der Waals surface area contributed by atoms with Crippen LogP contribution in [0.15, 0.2) is 39.8 Å². The lowest BCUT2D eigenvalue weighted by molar-refractivity contribution is -0.133. The lowest BCUT2D eigenvalue weighted by atomic mass is 10.1. The lowest BCUT2D eigenvalue weighted by Crippen LogP contribution is -2.46. The van der Waals surface area contributed by atoms with E-state index in [1.165, 1.54) is 18.1 Å². The van der Waals surface area contributed by atoms with Crippen LogP contribution in [0.25, 0.3) is 0 Å². The first-order valence-corrected chi connectivity index (χ1v) is 8.26. The van der Waals surface area contributed by atoms with Crippen molar-refractivity contribution in [2.45, 2.75) is 31.8 Å². The van der Waals surface area contributed by atoms with Gasteiger partial charge in [-0.1, -0.05) is 0 Å². The van der Waals surface area contributed by atoms with Crippen molar-refractivity contribution in [3.63, 3.8) is 0 Å². The van der Waals surface area contributed by atoms with E-state index in [1.807, 2.05) is 10.3 Å². The Hall–Kier alpha value is -2.08. The van der Waals surface area contributed by atoms with Crippen molar-refractivity contribution < 1.29 is 14.0 Å². The molecule has 2 aromatic rings. The summed E-state index contributed by atoms with van der Waals surface area (Å²) in [5.74, 6) is -0.327. The summed E-state index contributed by atoms with van der Waals surface area (Å²) < 4.78 is 4.89. The third-order valence-electron chi connectivity index (χ3n) is 3.97. The van der Waals surface area contributed by atoms with Gasteiger partial charge in [0.25, 0.3) is 5.91 Å². The predicted molar refractivity (Wildman–Crippen MR) is 83.6 cm³/mol. The number of amides is 2. The predicted octanol–water partition coefficient (Wildman–Crippen LogP) is 2.82. The summed E-state index contributed by atoms with van der Waals surface area (Å²) in [6.45, 7) is 2.47. The van der Waals surface area contributed by atoms with Gasteiger partial charge >= 0.3 is 0 Å². The van der Waals surface area contributed by atoms with Gasteiger partial charge < -0.3 is 14.6 Å². The highest BCUT2D eigenvalue weighted by Gasteiger charge is 2.33. The standard InChI is InChI=1S/C16H18N2O3S/c1-11(17-15(19)12-4-7-21-9-12)16(20)18-6-2-3-14(18)13-5-8-22-10-13/h4-5,7-11,14H,2-3,6H2,1H3,(H,17,19)/t11-,14-/m1/s1. The van der Waals surface area contributed by atoms with Gasteiger partial charge in [-0.3, -0.25) is 9.59 Å². The third-order valence-corrected chi connectivity index (χ3v) is 4.67.